The molecule has 1 saturated heterocycles. The van der Waals surface area contributed by atoms with Gasteiger partial charge in [-0.1, -0.05) is 30.3 Å². The van der Waals surface area contributed by atoms with Gasteiger partial charge in [-0.2, -0.15) is 0 Å². The highest BCUT2D eigenvalue weighted by Crippen LogP contribution is 2.21. The fourth-order valence-electron chi connectivity index (χ4n) is 2.86. The Balaban J connectivity index is 1.63. The maximum absolute atomic E-state index is 12.3. The molecule has 3 rings (SSSR count). The third-order valence-electron chi connectivity index (χ3n) is 4.16. The minimum absolute atomic E-state index is 0.0283. The Kier molecular flexibility index (Phi) is 4.81. The number of amides is 1. The predicted octanol–water partition coefficient (Wildman–Crippen LogP) is 0.974. The van der Waals surface area contributed by atoms with Crippen molar-refractivity contribution in [3.05, 3.63) is 42.5 Å². The van der Waals surface area contributed by atoms with Crippen LogP contribution in [-0.2, 0) is 24.7 Å². The minimum Gasteiger partial charge on any atom is -0.278 e. The van der Waals surface area contributed by atoms with Crippen LogP contribution in [0.3, 0.4) is 0 Å². The minimum atomic E-state index is -3.90. The number of benzene rings is 2. The van der Waals surface area contributed by atoms with Crippen LogP contribution >= 0.6 is 0 Å². The molecule has 0 aromatic heterocycles. The number of carbonyl (C=O) groups excluding carboxylic acids is 1. The maximum atomic E-state index is 12.3. The van der Waals surface area contributed by atoms with E-state index in [-0.39, 0.29) is 28.7 Å². The fraction of sp³-hybridized carbons (Fsp3) is 0.312. The number of sulfone groups is 1. The molecule has 0 unspecified atom stereocenters. The lowest BCUT2D eigenvalue weighted by atomic mass is 10.1. The van der Waals surface area contributed by atoms with Crippen molar-refractivity contribution in [3.8, 4) is 0 Å². The summed E-state index contributed by atoms with van der Waals surface area (Å²) in [5, 5.41) is 1.68. The highest BCUT2D eigenvalue weighted by Gasteiger charge is 2.29. The summed E-state index contributed by atoms with van der Waals surface area (Å²) in [7, 11) is -6.97. The molecule has 0 aliphatic carbocycles. The van der Waals surface area contributed by atoms with E-state index >= 15 is 0 Å². The van der Waals surface area contributed by atoms with Crippen LogP contribution in [0.1, 0.15) is 12.8 Å². The summed E-state index contributed by atoms with van der Waals surface area (Å²) in [5.74, 6) is -0.771. The monoisotopic (exact) mass is 382 g/mol. The molecule has 0 radical (unpaired) electrons. The molecule has 2 aromatic rings. The SMILES string of the molecule is O=C(C[C@H]1CCS(=O)(=O)C1)NNS(=O)(=O)c1ccc2ccccc2c1. The third-order valence-corrected chi connectivity index (χ3v) is 7.24. The number of fused-ring (bicyclic) bond motifs is 1. The summed E-state index contributed by atoms with van der Waals surface area (Å²) in [6.45, 7) is 0. The van der Waals surface area contributed by atoms with E-state index < -0.39 is 25.8 Å². The number of hydrogen-bond acceptors (Lipinski definition) is 5. The van der Waals surface area contributed by atoms with Gasteiger partial charge in [-0.25, -0.2) is 16.8 Å². The summed E-state index contributed by atoms with van der Waals surface area (Å²) in [4.78, 5) is 14.0. The zero-order valence-corrected chi connectivity index (χ0v) is 14.9. The van der Waals surface area contributed by atoms with Gasteiger partial charge in [0.15, 0.2) is 9.84 Å². The Hall–Kier alpha value is -1.97. The lowest BCUT2D eigenvalue weighted by Crippen LogP contribution is -2.42. The normalized spacial score (nSPS) is 19.8. The predicted molar refractivity (Wildman–Crippen MR) is 93.8 cm³/mol. The van der Waals surface area contributed by atoms with Crippen LogP contribution in [0.2, 0.25) is 0 Å². The van der Waals surface area contributed by atoms with Crippen LogP contribution < -0.4 is 10.3 Å². The summed E-state index contributed by atoms with van der Waals surface area (Å²) in [5.41, 5.74) is 2.15. The molecule has 2 aromatic carbocycles. The van der Waals surface area contributed by atoms with Gasteiger partial charge in [0.25, 0.3) is 10.0 Å². The lowest BCUT2D eigenvalue weighted by Gasteiger charge is -2.11. The molecule has 0 bridgehead atoms. The van der Waals surface area contributed by atoms with Crippen molar-refractivity contribution in [3.63, 3.8) is 0 Å². The van der Waals surface area contributed by atoms with Crippen LogP contribution in [-0.4, -0.2) is 34.2 Å². The van der Waals surface area contributed by atoms with Crippen molar-refractivity contribution < 1.29 is 21.6 Å². The molecule has 1 fully saturated rings. The zero-order valence-electron chi connectivity index (χ0n) is 13.3. The molecule has 1 aliphatic heterocycles. The van der Waals surface area contributed by atoms with E-state index in [1.54, 1.807) is 12.1 Å². The summed E-state index contributed by atoms with van der Waals surface area (Å²) < 4.78 is 47.4. The molecule has 2 N–H and O–H groups in total. The van der Waals surface area contributed by atoms with Gasteiger partial charge in [-0.15, -0.1) is 4.83 Å². The number of hydrogen-bond donors (Lipinski definition) is 2. The van der Waals surface area contributed by atoms with Crippen LogP contribution in [0.4, 0.5) is 0 Å². The summed E-state index contributed by atoms with van der Waals surface area (Å²) in [6, 6.07) is 12.0. The largest absolute Gasteiger partial charge is 0.278 e. The molecule has 1 atom stereocenters. The highest BCUT2D eigenvalue weighted by molar-refractivity contribution is 7.91. The van der Waals surface area contributed by atoms with E-state index in [1.165, 1.54) is 12.1 Å². The van der Waals surface area contributed by atoms with Gasteiger partial charge in [-0.05, 0) is 35.2 Å². The Bertz CT molecular complexity index is 1020. The van der Waals surface area contributed by atoms with E-state index in [1.807, 2.05) is 18.2 Å². The standard InChI is InChI=1S/C16H18N2O5S2/c19-16(9-12-7-8-24(20,21)11-12)17-18-25(22,23)15-6-5-13-3-1-2-4-14(13)10-15/h1-6,10,12,18H,7-9,11H2,(H,17,19)/t12-/m1/s1. The molecule has 0 saturated carbocycles. The van der Waals surface area contributed by atoms with Gasteiger partial charge >= 0.3 is 0 Å². The van der Waals surface area contributed by atoms with Crippen molar-refractivity contribution in [1.29, 1.82) is 0 Å². The molecule has 1 aliphatic rings. The molecule has 134 valence electrons. The van der Waals surface area contributed by atoms with E-state index in [0.717, 1.165) is 10.8 Å². The number of sulfonamides is 1. The van der Waals surface area contributed by atoms with Crippen molar-refractivity contribution in [2.45, 2.75) is 17.7 Å². The topological polar surface area (TPSA) is 109 Å². The van der Waals surface area contributed by atoms with Gasteiger partial charge in [-0.3, -0.25) is 10.2 Å². The maximum Gasteiger partial charge on any atom is 0.257 e. The first kappa shape index (κ1) is 17.8. The average molecular weight is 382 g/mol. The quantitative estimate of drug-likeness (QED) is 0.749. The Morgan fingerprint density at radius 2 is 1.84 bits per heavy atom. The van der Waals surface area contributed by atoms with Crippen LogP contribution in [0.15, 0.2) is 47.4 Å². The molecular formula is C16H18N2O5S2. The van der Waals surface area contributed by atoms with E-state index in [9.17, 15) is 21.6 Å². The van der Waals surface area contributed by atoms with Gasteiger partial charge in [0, 0.05) is 6.42 Å². The first-order valence-corrected chi connectivity index (χ1v) is 11.1. The van der Waals surface area contributed by atoms with Crippen molar-refractivity contribution in [2.24, 2.45) is 5.92 Å². The lowest BCUT2D eigenvalue weighted by molar-refractivity contribution is -0.122. The van der Waals surface area contributed by atoms with E-state index in [4.69, 9.17) is 0 Å². The van der Waals surface area contributed by atoms with Gasteiger partial charge in [0.1, 0.15) is 0 Å². The molecule has 7 nitrogen and oxygen atoms in total. The molecule has 1 amide bonds. The first-order valence-electron chi connectivity index (χ1n) is 7.75. The summed E-state index contributed by atoms with van der Waals surface area (Å²) in [6.07, 6.45) is 0.395. The van der Waals surface area contributed by atoms with Crippen LogP contribution in [0.25, 0.3) is 10.8 Å². The second-order valence-electron chi connectivity index (χ2n) is 6.14. The Morgan fingerprint density at radius 3 is 2.52 bits per heavy atom. The Labute approximate surface area is 146 Å². The zero-order chi connectivity index (χ0) is 18.1. The molecule has 25 heavy (non-hydrogen) atoms. The van der Waals surface area contributed by atoms with Gasteiger partial charge in [0.05, 0.1) is 16.4 Å². The Morgan fingerprint density at radius 1 is 1.12 bits per heavy atom. The van der Waals surface area contributed by atoms with Crippen LogP contribution in [0, 0.1) is 5.92 Å². The highest BCUT2D eigenvalue weighted by atomic mass is 32.2. The molecule has 0 spiro atoms. The van der Waals surface area contributed by atoms with Gasteiger partial charge in [0.2, 0.25) is 5.91 Å². The fourth-order valence-corrected chi connectivity index (χ4v) is 5.62. The van der Waals surface area contributed by atoms with Gasteiger partial charge < -0.3 is 0 Å². The number of hydrazine groups is 1. The molecular weight excluding hydrogens is 364 g/mol. The smallest absolute Gasteiger partial charge is 0.257 e. The number of nitrogens with one attached hydrogen (secondary N) is 2. The van der Waals surface area contributed by atoms with Crippen molar-refractivity contribution in [1.82, 2.24) is 10.3 Å². The number of carbonyl (C=O) groups is 1. The molecule has 1 heterocycles. The average Bonchev–Trinajstić information content (AvgIpc) is 2.91. The van der Waals surface area contributed by atoms with Crippen molar-refractivity contribution in [2.75, 3.05) is 11.5 Å². The molecule has 9 heteroatoms. The second-order valence-corrected chi connectivity index (χ2v) is 10.0. The second kappa shape index (κ2) is 6.74. The van der Waals surface area contributed by atoms with E-state index in [0.29, 0.717) is 6.42 Å². The first-order chi connectivity index (χ1) is 11.8. The summed E-state index contributed by atoms with van der Waals surface area (Å²) >= 11 is 0. The van der Waals surface area contributed by atoms with Crippen LogP contribution in [0.5, 0.6) is 0 Å². The van der Waals surface area contributed by atoms with E-state index in [2.05, 4.69) is 10.3 Å². The van der Waals surface area contributed by atoms with Crippen molar-refractivity contribution >= 4 is 36.5 Å². The number of rotatable bonds is 5. The third kappa shape index (κ3) is 4.36.